The number of sulfonamides is 1. The topological polar surface area (TPSA) is 75.9 Å². The monoisotopic (exact) mass is 327 g/mol. The predicted octanol–water partition coefficient (Wildman–Crippen LogP) is 1.28. The number of hydrogen-bond donors (Lipinski definition) is 1. The Morgan fingerprint density at radius 1 is 1.36 bits per heavy atom. The molecule has 0 aliphatic carbocycles. The largest absolute Gasteiger partial charge is 0.399 e. The summed E-state index contributed by atoms with van der Waals surface area (Å²) in [6.45, 7) is 1.40. The molecule has 1 fully saturated rings. The van der Waals surface area contributed by atoms with Crippen molar-refractivity contribution < 1.29 is 13.2 Å². The summed E-state index contributed by atoms with van der Waals surface area (Å²) in [7, 11) is 0.549. The molecule has 0 radical (unpaired) electrons. The molecule has 0 saturated carbocycles. The lowest BCUT2D eigenvalue weighted by molar-refractivity contribution is 0.0928. The first kappa shape index (κ1) is 17.1. The van der Waals surface area contributed by atoms with Gasteiger partial charge in [0.1, 0.15) is 0 Å². The van der Waals surface area contributed by atoms with E-state index in [0.717, 1.165) is 24.1 Å². The van der Waals surface area contributed by atoms with Crippen molar-refractivity contribution in [2.24, 2.45) is 0 Å². The molecule has 1 aromatic carbocycles. The summed E-state index contributed by atoms with van der Waals surface area (Å²) in [4.78, 5) is 1.96. The van der Waals surface area contributed by atoms with Crippen LogP contribution >= 0.6 is 0 Å². The van der Waals surface area contributed by atoms with Crippen LogP contribution in [0.1, 0.15) is 18.4 Å². The smallest absolute Gasteiger partial charge is 0.211 e. The van der Waals surface area contributed by atoms with E-state index in [1.54, 1.807) is 0 Å². The van der Waals surface area contributed by atoms with E-state index in [1.165, 1.54) is 10.6 Å². The van der Waals surface area contributed by atoms with Crippen LogP contribution in [-0.2, 0) is 21.3 Å². The predicted molar refractivity (Wildman–Crippen MR) is 89.4 cm³/mol. The number of nitrogens with zero attached hydrogens (tertiary/aromatic N) is 2. The third-order valence-corrected chi connectivity index (χ3v) is 5.05. The molecule has 1 aliphatic heterocycles. The zero-order valence-corrected chi connectivity index (χ0v) is 14.3. The van der Waals surface area contributed by atoms with Crippen molar-refractivity contribution in [3.63, 3.8) is 0 Å². The number of hydrogen-bond acceptors (Lipinski definition) is 5. The molecule has 0 aromatic heterocycles. The molecule has 6 nitrogen and oxygen atoms in total. The molecule has 1 unspecified atom stereocenters. The minimum Gasteiger partial charge on any atom is -0.399 e. The van der Waals surface area contributed by atoms with E-state index in [0.29, 0.717) is 25.4 Å². The van der Waals surface area contributed by atoms with Crippen LogP contribution in [0.3, 0.4) is 0 Å². The van der Waals surface area contributed by atoms with E-state index in [9.17, 15) is 8.42 Å². The van der Waals surface area contributed by atoms with Gasteiger partial charge in [0, 0.05) is 45.2 Å². The Morgan fingerprint density at radius 3 is 2.64 bits per heavy atom. The standard InChI is InChI=1S/C15H25N3O3S/c1-17(2)15-7-6-13(16)9-12(15)10-18(22(3,19)20)11-14-5-4-8-21-14/h6-7,9,14H,4-5,8,10-11,16H2,1-3H3. The van der Waals surface area contributed by atoms with Crippen molar-refractivity contribution in [2.75, 3.05) is 44.1 Å². The van der Waals surface area contributed by atoms with Crippen molar-refractivity contribution in [1.82, 2.24) is 4.31 Å². The minimum atomic E-state index is -3.31. The van der Waals surface area contributed by atoms with E-state index >= 15 is 0 Å². The van der Waals surface area contributed by atoms with Gasteiger partial charge in [-0.1, -0.05) is 0 Å². The van der Waals surface area contributed by atoms with E-state index in [-0.39, 0.29) is 6.10 Å². The number of nitrogens with two attached hydrogens (primary N) is 1. The number of anilines is 2. The van der Waals surface area contributed by atoms with Gasteiger partial charge in [-0.15, -0.1) is 0 Å². The highest BCUT2D eigenvalue weighted by Gasteiger charge is 2.25. The van der Waals surface area contributed by atoms with Gasteiger partial charge in [-0.25, -0.2) is 8.42 Å². The van der Waals surface area contributed by atoms with Crippen LogP contribution in [0.25, 0.3) is 0 Å². The van der Waals surface area contributed by atoms with Gasteiger partial charge in [0.2, 0.25) is 10.0 Å². The highest BCUT2D eigenvalue weighted by Crippen LogP contribution is 2.25. The highest BCUT2D eigenvalue weighted by molar-refractivity contribution is 7.88. The molecule has 0 bridgehead atoms. The molecule has 1 aromatic rings. The molecule has 1 atom stereocenters. The van der Waals surface area contributed by atoms with Gasteiger partial charge in [0.25, 0.3) is 0 Å². The average Bonchev–Trinajstić information content (AvgIpc) is 2.89. The van der Waals surface area contributed by atoms with Gasteiger partial charge in [0.05, 0.1) is 12.4 Å². The van der Waals surface area contributed by atoms with Crippen LogP contribution in [-0.4, -0.2) is 52.3 Å². The van der Waals surface area contributed by atoms with Crippen LogP contribution < -0.4 is 10.6 Å². The first-order chi connectivity index (χ1) is 10.3. The van der Waals surface area contributed by atoms with Crippen molar-refractivity contribution in [2.45, 2.75) is 25.5 Å². The number of rotatable bonds is 6. The van der Waals surface area contributed by atoms with Crippen LogP contribution in [0.15, 0.2) is 18.2 Å². The van der Waals surface area contributed by atoms with E-state index in [2.05, 4.69) is 0 Å². The average molecular weight is 327 g/mol. The fraction of sp³-hybridized carbons (Fsp3) is 0.600. The van der Waals surface area contributed by atoms with Crippen LogP contribution in [0.2, 0.25) is 0 Å². The zero-order chi connectivity index (χ0) is 16.3. The third kappa shape index (κ3) is 4.34. The summed E-state index contributed by atoms with van der Waals surface area (Å²) in [5.41, 5.74) is 8.36. The SMILES string of the molecule is CN(C)c1ccc(N)cc1CN(CC1CCCO1)S(C)(=O)=O. The van der Waals surface area contributed by atoms with E-state index in [1.807, 2.05) is 37.2 Å². The molecule has 0 spiro atoms. The van der Waals surface area contributed by atoms with Crippen molar-refractivity contribution >= 4 is 21.4 Å². The summed E-state index contributed by atoms with van der Waals surface area (Å²) >= 11 is 0. The summed E-state index contributed by atoms with van der Waals surface area (Å²) in [5, 5.41) is 0. The zero-order valence-electron chi connectivity index (χ0n) is 13.4. The maximum atomic E-state index is 12.1. The van der Waals surface area contributed by atoms with E-state index in [4.69, 9.17) is 10.5 Å². The molecule has 22 heavy (non-hydrogen) atoms. The Kier molecular flexibility index (Phi) is 5.31. The molecule has 2 N–H and O–H groups in total. The first-order valence-electron chi connectivity index (χ1n) is 7.40. The molecule has 2 rings (SSSR count). The molecule has 7 heteroatoms. The second kappa shape index (κ2) is 6.85. The number of nitrogen functional groups attached to an aromatic ring is 1. The Labute approximate surface area is 132 Å². The van der Waals surface area contributed by atoms with Crippen LogP contribution in [0.4, 0.5) is 11.4 Å². The molecule has 1 heterocycles. The Bertz CT molecular complexity index is 610. The normalized spacial score (nSPS) is 18.8. The fourth-order valence-corrected chi connectivity index (χ4v) is 3.50. The van der Waals surface area contributed by atoms with Crippen molar-refractivity contribution in [1.29, 1.82) is 0 Å². The van der Waals surface area contributed by atoms with Gasteiger partial charge < -0.3 is 15.4 Å². The lowest BCUT2D eigenvalue weighted by Gasteiger charge is -2.26. The molecular formula is C15H25N3O3S. The van der Waals surface area contributed by atoms with Gasteiger partial charge >= 0.3 is 0 Å². The van der Waals surface area contributed by atoms with Gasteiger partial charge in [-0.3, -0.25) is 0 Å². The highest BCUT2D eigenvalue weighted by atomic mass is 32.2. The van der Waals surface area contributed by atoms with Crippen LogP contribution in [0, 0.1) is 0 Å². The summed E-state index contributed by atoms with van der Waals surface area (Å²) in [6.07, 6.45) is 3.12. The van der Waals surface area contributed by atoms with Gasteiger partial charge in [0.15, 0.2) is 0 Å². The second-order valence-electron chi connectivity index (χ2n) is 5.97. The maximum Gasteiger partial charge on any atom is 0.211 e. The van der Waals surface area contributed by atoms with Crippen molar-refractivity contribution in [3.8, 4) is 0 Å². The molecule has 124 valence electrons. The Balaban J connectivity index is 2.24. The van der Waals surface area contributed by atoms with Crippen LogP contribution in [0.5, 0.6) is 0 Å². The lowest BCUT2D eigenvalue weighted by Crippen LogP contribution is -2.36. The van der Waals surface area contributed by atoms with Crippen molar-refractivity contribution in [3.05, 3.63) is 23.8 Å². The summed E-state index contributed by atoms with van der Waals surface area (Å²) in [5.74, 6) is 0. The second-order valence-corrected chi connectivity index (χ2v) is 7.96. The Morgan fingerprint density at radius 2 is 2.09 bits per heavy atom. The fourth-order valence-electron chi connectivity index (χ4n) is 2.69. The summed E-state index contributed by atoms with van der Waals surface area (Å²) < 4.78 is 31.3. The first-order valence-corrected chi connectivity index (χ1v) is 9.24. The Hall–Kier alpha value is -1.31. The lowest BCUT2D eigenvalue weighted by atomic mass is 10.1. The van der Waals surface area contributed by atoms with E-state index < -0.39 is 10.0 Å². The molecule has 1 aliphatic rings. The number of ether oxygens (including phenoxy) is 1. The maximum absolute atomic E-state index is 12.1. The molecular weight excluding hydrogens is 302 g/mol. The van der Waals surface area contributed by atoms with Gasteiger partial charge in [-0.05, 0) is 36.6 Å². The van der Waals surface area contributed by atoms with Gasteiger partial charge in [-0.2, -0.15) is 4.31 Å². The molecule has 0 amide bonds. The third-order valence-electron chi connectivity index (χ3n) is 3.83. The quantitative estimate of drug-likeness (QED) is 0.797. The number of benzene rings is 1. The minimum absolute atomic E-state index is 0.0152. The summed E-state index contributed by atoms with van der Waals surface area (Å²) in [6, 6.07) is 5.57. The molecule has 1 saturated heterocycles.